The Kier molecular flexibility index (Phi) is 3.73. The third-order valence-corrected chi connectivity index (χ3v) is 3.56. The van der Waals surface area contributed by atoms with Crippen molar-refractivity contribution in [2.75, 3.05) is 17.2 Å². The molecule has 0 radical (unpaired) electrons. The number of benzene rings is 2. The fourth-order valence-electron chi connectivity index (χ4n) is 2.13. The van der Waals surface area contributed by atoms with Crippen LogP contribution >= 0.6 is 11.6 Å². The smallest absolute Gasteiger partial charge is 0.262 e. The van der Waals surface area contributed by atoms with E-state index < -0.39 is 0 Å². The molecule has 0 atom stereocenters. The van der Waals surface area contributed by atoms with E-state index in [1.54, 1.807) is 30.3 Å². The summed E-state index contributed by atoms with van der Waals surface area (Å²) in [4.78, 5) is 23.5. The minimum Gasteiger partial charge on any atom is -0.482 e. The summed E-state index contributed by atoms with van der Waals surface area (Å²) in [5.41, 5.74) is 2.54. The Bertz CT molecular complexity index is 774. The Balaban J connectivity index is 1.82. The zero-order valence-corrected chi connectivity index (χ0v) is 12.5. The number of amides is 2. The van der Waals surface area contributed by atoms with Crippen LogP contribution in [0, 0.1) is 6.92 Å². The van der Waals surface area contributed by atoms with Gasteiger partial charge in [0, 0.05) is 5.56 Å². The second-order valence-corrected chi connectivity index (χ2v) is 5.39. The molecule has 1 aliphatic heterocycles. The largest absolute Gasteiger partial charge is 0.482 e. The zero-order valence-electron chi connectivity index (χ0n) is 11.8. The van der Waals surface area contributed by atoms with Crippen LogP contribution in [0.5, 0.6) is 5.75 Å². The predicted molar refractivity (Wildman–Crippen MR) is 84.7 cm³/mol. The molecular formula is C16H13ClN2O3. The molecule has 1 aliphatic rings. The molecule has 2 aromatic rings. The van der Waals surface area contributed by atoms with Gasteiger partial charge in [-0.15, -0.1) is 0 Å². The number of ether oxygens (including phenoxy) is 1. The molecular weight excluding hydrogens is 304 g/mol. The first kappa shape index (κ1) is 14.4. The van der Waals surface area contributed by atoms with E-state index in [1.165, 1.54) is 0 Å². The monoisotopic (exact) mass is 316 g/mol. The fourth-order valence-corrected chi connectivity index (χ4v) is 2.41. The van der Waals surface area contributed by atoms with Crippen LogP contribution in [0.3, 0.4) is 0 Å². The molecule has 3 rings (SSSR count). The van der Waals surface area contributed by atoms with Gasteiger partial charge in [-0.3, -0.25) is 9.59 Å². The molecule has 5 nitrogen and oxygen atoms in total. The summed E-state index contributed by atoms with van der Waals surface area (Å²) in [6, 6.07) is 10.2. The summed E-state index contributed by atoms with van der Waals surface area (Å²) < 4.78 is 5.30. The van der Waals surface area contributed by atoms with Gasteiger partial charge in [-0.1, -0.05) is 17.7 Å². The molecule has 2 aromatic carbocycles. The lowest BCUT2D eigenvalue weighted by atomic mass is 10.1. The molecule has 0 saturated heterocycles. The number of hydrogen-bond donors (Lipinski definition) is 2. The number of fused-ring (bicyclic) bond motifs is 1. The van der Waals surface area contributed by atoms with Gasteiger partial charge in [0.2, 0.25) is 0 Å². The molecule has 2 N–H and O–H groups in total. The molecule has 1 heterocycles. The van der Waals surface area contributed by atoms with Gasteiger partial charge in [0.1, 0.15) is 5.75 Å². The Hall–Kier alpha value is -2.53. The van der Waals surface area contributed by atoms with Crippen LogP contribution in [0.15, 0.2) is 36.4 Å². The van der Waals surface area contributed by atoms with Crippen molar-refractivity contribution in [3.63, 3.8) is 0 Å². The molecule has 22 heavy (non-hydrogen) atoms. The molecule has 0 spiro atoms. The number of hydrogen-bond acceptors (Lipinski definition) is 3. The van der Waals surface area contributed by atoms with Crippen molar-refractivity contribution >= 4 is 34.8 Å². The zero-order chi connectivity index (χ0) is 15.7. The number of rotatable bonds is 2. The molecule has 112 valence electrons. The number of carbonyl (C=O) groups excluding carboxylic acids is 2. The third kappa shape index (κ3) is 2.89. The molecule has 0 aliphatic carbocycles. The maximum atomic E-state index is 12.3. The topological polar surface area (TPSA) is 67.4 Å². The van der Waals surface area contributed by atoms with E-state index in [2.05, 4.69) is 10.6 Å². The molecule has 0 bridgehead atoms. The second-order valence-electron chi connectivity index (χ2n) is 4.99. The Morgan fingerprint density at radius 1 is 1.27 bits per heavy atom. The lowest BCUT2D eigenvalue weighted by Gasteiger charge is -2.18. The van der Waals surface area contributed by atoms with Gasteiger partial charge < -0.3 is 15.4 Å². The van der Waals surface area contributed by atoms with E-state index in [4.69, 9.17) is 16.3 Å². The highest BCUT2D eigenvalue weighted by Crippen LogP contribution is 2.29. The van der Waals surface area contributed by atoms with E-state index in [-0.39, 0.29) is 18.4 Å². The lowest BCUT2D eigenvalue weighted by molar-refractivity contribution is -0.118. The fraction of sp³-hybridized carbons (Fsp3) is 0.125. The van der Waals surface area contributed by atoms with E-state index in [9.17, 15) is 9.59 Å². The quantitative estimate of drug-likeness (QED) is 0.894. The number of carbonyl (C=O) groups is 2. The SMILES string of the molecule is Cc1ccc(NC(=O)c2ccc3c(c2)OCC(=O)N3)c(Cl)c1. The van der Waals surface area contributed by atoms with Crippen molar-refractivity contribution in [2.45, 2.75) is 6.92 Å². The van der Waals surface area contributed by atoms with Crippen molar-refractivity contribution in [3.8, 4) is 5.75 Å². The van der Waals surface area contributed by atoms with Gasteiger partial charge in [0.25, 0.3) is 11.8 Å². The van der Waals surface area contributed by atoms with Crippen LogP contribution in [-0.4, -0.2) is 18.4 Å². The van der Waals surface area contributed by atoms with Crippen LogP contribution < -0.4 is 15.4 Å². The summed E-state index contributed by atoms with van der Waals surface area (Å²) in [5.74, 6) is -0.0348. The van der Waals surface area contributed by atoms with Gasteiger partial charge in [-0.25, -0.2) is 0 Å². The Labute approximate surface area is 132 Å². The van der Waals surface area contributed by atoms with Crippen LogP contribution in [-0.2, 0) is 4.79 Å². The van der Waals surface area contributed by atoms with Crippen molar-refractivity contribution in [2.24, 2.45) is 0 Å². The average molecular weight is 317 g/mol. The van der Waals surface area contributed by atoms with Crippen molar-refractivity contribution in [1.29, 1.82) is 0 Å². The summed E-state index contributed by atoms with van der Waals surface area (Å²) in [5, 5.41) is 5.91. The van der Waals surface area contributed by atoms with E-state index in [0.717, 1.165) is 5.56 Å². The number of halogens is 1. The highest BCUT2D eigenvalue weighted by molar-refractivity contribution is 6.34. The van der Waals surface area contributed by atoms with Crippen LogP contribution in [0.25, 0.3) is 0 Å². The van der Waals surface area contributed by atoms with Crippen molar-refractivity contribution < 1.29 is 14.3 Å². The van der Waals surface area contributed by atoms with Gasteiger partial charge in [-0.2, -0.15) is 0 Å². The minimum atomic E-state index is -0.297. The number of anilines is 2. The first-order chi connectivity index (χ1) is 10.5. The van der Waals surface area contributed by atoms with Crippen LogP contribution in [0.4, 0.5) is 11.4 Å². The van der Waals surface area contributed by atoms with E-state index in [0.29, 0.717) is 27.7 Å². The standard InChI is InChI=1S/C16H13ClN2O3/c1-9-2-4-12(11(17)6-9)19-16(21)10-3-5-13-14(7-10)22-8-15(20)18-13/h2-7H,8H2,1H3,(H,18,20)(H,19,21). The summed E-state index contributed by atoms with van der Waals surface area (Å²) in [6.45, 7) is 1.87. The van der Waals surface area contributed by atoms with Gasteiger partial charge in [-0.05, 0) is 42.8 Å². The Morgan fingerprint density at radius 2 is 2.09 bits per heavy atom. The van der Waals surface area contributed by atoms with Gasteiger partial charge >= 0.3 is 0 Å². The highest BCUT2D eigenvalue weighted by Gasteiger charge is 2.18. The maximum absolute atomic E-state index is 12.3. The second kappa shape index (κ2) is 5.69. The minimum absolute atomic E-state index is 0.0537. The normalized spacial score (nSPS) is 12.9. The lowest BCUT2D eigenvalue weighted by Crippen LogP contribution is -2.25. The van der Waals surface area contributed by atoms with Crippen LogP contribution in [0.1, 0.15) is 15.9 Å². The summed E-state index contributed by atoms with van der Waals surface area (Å²) >= 11 is 6.11. The number of nitrogens with one attached hydrogen (secondary N) is 2. The predicted octanol–water partition coefficient (Wildman–Crippen LogP) is 3.23. The summed E-state index contributed by atoms with van der Waals surface area (Å²) in [7, 11) is 0. The van der Waals surface area contributed by atoms with Crippen LogP contribution in [0.2, 0.25) is 5.02 Å². The van der Waals surface area contributed by atoms with Gasteiger partial charge in [0.05, 0.1) is 16.4 Å². The summed E-state index contributed by atoms with van der Waals surface area (Å²) in [6.07, 6.45) is 0. The molecule has 2 amide bonds. The van der Waals surface area contributed by atoms with E-state index >= 15 is 0 Å². The van der Waals surface area contributed by atoms with Crippen molar-refractivity contribution in [1.82, 2.24) is 0 Å². The first-order valence-electron chi connectivity index (χ1n) is 6.67. The molecule has 0 unspecified atom stereocenters. The maximum Gasteiger partial charge on any atom is 0.262 e. The van der Waals surface area contributed by atoms with E-state index in [1.807, 2.05) is 13.0 Å². The van der Waals surface area contributed by atoms with Crippen molar-refractivity contribution in [3.05, 3.63) is 52.5 Å². The highest BCUT2D eigenvalue weighted by atomic mass is 35.5. The molecule has 0 fully saturated rings. The third-order valence-electron chi connectivity index (χ3n) is 3.25. The molecule has 0 saturated carbocycles. The molecule has 0 aromatic heterocycles. The molecule has 6 heteroatoms. The van der Waals surface area contributed by atoms with Gasteiger partial charge in [0.15, 0.2) is 6.61 Å². The Morgan fingerprint density at radius 3 is 2.86 bits per heavy atom. The average Bonchev–Trinajstić information content (AvgIpc) is 2.49. The number of aryl methyl sites for hydroxylation is 1. The first-order valence-corrected chi connectivity index (χ1v) is 7.05.